The lowest BCUT2D eigenvalue weighted by Crippen LogP contribution is -2.27. The highest BCUT2D eigenvalue weighted by molar-refractivity contribution is 5.89. The van der Waals surface area contributed by atoms with E-state index in [4.69, 9.17) is 4.42 Å². The Kier molecular flexibility index (Phi) is 4.17. The van der Waals surface area contributed by atoms with Gasteiger partial charge in [-0.15, -0.1) is 10.2 Å². The number of hydrogen-bond donors (Lipinski definition) is 0. The van der Waals surface area contributed by atoms with Gasteiger partial charge in [-0.1, -0.05) is 6.92 Å². The molecule has 0 fully saturated rings. The van der Waals surface area contributed by atoms with E-state index in [1.807, 2.05) is 6.92 Å². The first kappa shape index (κ1) is 13.1. The van der Waals surface area contributed by atoms with Crippen molar-refractivity contribution in [2.45, 2.75) is 26.3 Å². The Morgan fingerprint density at radius 2 is 2.21 bits per heavy atom. The average molecular weight is 261 g/mol. The van der Waals surface area contributed by atoms with Crippen LogP contribution in [-0.4, -0.2) is 38.0 Å². The molecule has 0 aliphatic carbocycles. The summed E-state index contributed by atoms with van der Waals surface area (Å²) < 4.78 is 5.30. The number of carbonyl (C=O) groups is 1. The summed E-state index contributed by atoms with van der Waals surface area (Å²) in [6.07, 6.45) is 6.35. The maximum Gasteiger partial charge on any atom is 0.311 e. The van der Waals surface area contributed by atoms with Crippen molar-refractivity contribution in [3.63, 3.8) is 0 Å². The highest BCUT2D eigenvalue weighted by Crippen LogP contribution is 2.07. The average Bonchev–Trinajstić information content (AvgIpc) is 2.88. The van der Waals surface area contributed by atoms with Crippen LogP contribution >= 0.6 is 0 Å². The van der Waals surface area contributed by atoms with Gasteiger partial charge in [-0.3, -0.25) is 14.8 Å². The van der Waals surface area contributed by atoms with Crippen molar-refractivity contribution < 1.29 is 9.21 Å². The maximum atomic E-state index is 12.0. The third-order valence-electron chi connectivity index (χ3n) is 2.48. The molecule has 0 bridgehead atoms. The van der Waals surface area contributed by atoms with Crippen LogP contribution in [0.3, 0.4) is 0 Å². The summed E-state index contributed by atoms with van der Waals surface area (Å²) in [6.45, 7) is 2.35. The van der Waals surface area contributed by atoms with Crippen molar-refractivity contribution in [2.24, 2.45) is 0 Å². The van der Waals surface area contributed by atoms with Crippen LogP contribution in [0.15, 0.2) is 23.0 Å². The van der Waals surface area contributed by atoms with E-state index >= 15 is 0 Å². The predicted molar refractivity (Wildman–Crippen MR) is 66.1 cm³/mol. The molecule has 19 heavy (non-hydrogen) atoms. The summed E-state index contributed by atoms with van der Waals surface area (Å²) >= 11 is 0. The quantitative estimate of drug-likeness (QED) is 0.800. The maximum absolute atomic E-state index is 12.0. The van der Waals surface area contributed by atoms with Gasteiger partial charge in [-0.05, 0) is 6.42 Å². The van der Waals surface area contributed by atoms with Gasteiger partial charge in [0.25, 0.3) is 0 Å². The SMILES string of the molecule is CCCc1nnc(C(=O)N(C)Cc2cnccn2)o1. The largest absolute Gasteiger partial charge is 0.417 e. The van der Waals surface area contributed by atoms with Crippen molar-refractivity contribution in [2.75, 3.05) is 7.05 Å². The Balaban J connectivity index is 2.02. The van der Waals surface area contributed by atoms with Crippen LogP contribution in [0.25, 0.3) is 0 Å². The van der Waals surface area contributed by atoms with E-state index in [2.05, 4.69) is 20.2 Å². The first-order chi connectivity index (χ1) is 9.20. The van der Waals surface area contributed by atoms with E-state index < -0.39 is 0 Å². The molecule has 0 aliphatic rings. The highest BCUT2D eigenvalue weighted by Gasteiger charge is 2.19. The number of hydrogen-bond acceptors (Lipinski definition) is 6. The molecule has 0 atom stereocenters. The standard InChI is InChI=1S/C12H15N5O2/c1-3-4-10-15-16-11(19-10)12(18)17(2)8-9-7-13-5-6-14-9/h5-7H,3-4,8H2,1-2H3. The molecule has 2 aromatic heterocycles. The fourth-order valence-corrected chi connectivity index (χ4v) is 1.54. The van der Waals surface area contributed by atoms with Crippen LogP contribution in [0.1, 0.15) is 35.6 Å². The van der Waals surface area contributed by atoms with Crippen molar-refractivity contribution in [1.29, 1.82) is 0 Å². The number of rotatable bonds is 5. The molecule has 0 spiro atoms. The molecule has 2 rings (SSSR count). The van der Waals surface area contributed by atoms with Crippen molar-refractivity contribution >= 4 is 5.91 Å². The van der Waals surface area contributed by atoms with E-state index in [9.17, 15) is 4.79 Å². The molecule has 0 unspecified atom stereocenters. The molecule has 0 aromatic carbocycles. The smallest absolute Gasteiger partial charge is 0.311 e. The number of carbonyl (C=O) groups excluding carboxylic acids is 1. The molecule has 0 saturated carbocycles. The van der Waals surface area contributed by atoms with Gasteiger partial charge in [-0.25, -0.2) is 0 Å². The summed E-state index contributed by atoms with van der Waals surface area (Å²) in [6, 6.07) is 0. The van der Waals surface area contributed by atoms with Gasteiger partial charge in [0.15, 0.2) is 0 Å². The van der Waals surface area contributed by atoms with Crippen molar-refractivity contribution in [3.8, 4) is 0 Å². The molecule has 2 heterocycles. The second kappa shape index (κ2) is 6.03. The Morgan fingerprint density at radius 1 is 1.37 bits per heavy atom. The van der Waals surface area contributed by atoms with Crippen LogP contribution in [0.5, 0.6) is 0 Å². The van der Waals surface area contributed by atoms with Crippen LogP contribution in [0.4, 0.5) is 0 Å². The van der Waals surface area contributed by atoms with Crippen LogP contribution < -0.4 is 0 Å². The molecular formula is C12H15N5O2. The minimum atomic E-state index is -0.319. The molecule has 0 radical (unpaired) electrons. The van der Waals surface area contributed by atoms with E-state index in [0.29, 0.717) is 24.6 Å². The molecule has 0 N–H and O–H groups in total. The fourth-order valence-electron chi connectivity index (χ4n) is 1.54. The lowest BCUT2D eigenvalue weighted by atomic mass is 10.3. The third-order valence-corrected chi connectivity index (χ3v) is 2.48. The third kappa shape index (κ3) is 3.34. The Bertz CT molecular complexity index is 540. The lowest BCUT2D eigenvalue weighted by molar-refractivity contribution is 0.0741. The van der Waals surface area contributed by atoms with E-state index in [-0.39, 0.29) is 11.8 Å². The highest BCUT2D eigenvalue weighted by atomic mass is 16.4. The van der Waals surface area contributed by atoms with Crippen LogP contribution in [0, 0.1) is 0 Å². The Hall–Kier alpha value is -2.31. The minimum Gasteiger partial charge on any atom is -0.417 e. The Morgan fingerprint density at radius 3 is 2.89 bits per heavy atom. The number of nitrogens with zero attached hydrogens (tertiary/aromatic N) is 5. The van der Waals surface area contributed by atoms with Gasteiger partial charge in [0.2, 0.25) is 5.89 Å². The summed E-state index contributed by atoms with van der Waals surface area (Å²) in [7, 11) is 1.65. The number of amides is 1. The molecule has 1 amide bonds. The zero-order valence-electron chi connectivity index (χ0n) is 10.9. The molecule has 2 aromatic rings. The van der Waals surface area contributed by atoms with E-state index in [1.165, 1.54) is 4.90 Å². The summed E-state index contributed by atoms with van der Waals surface area (Å²) in [5.41, 5.74) is 0.701. The summed E-state index contributed by atoms with van der Waals surface area (Å²) in [5.74, 6) is 0.175. The van der Waals surface area contributed by atoms with Crippen LogP contribution in [-0.2, 0) is 13.0 Å². The first-order valence-corrected chi connectivity index (χ1v) is 6.03. The minimum absolute atomic E-state index is 0.00911. The van der Waals surface area contributed by atoms with Crippen molar-refractivity contribution in [3.05, 3.63) is 36.1 Å². The molecule has 100 valence electrons. The van der Waals surface area contributed by atoms with Gasteiger partial charge >= 0.3 is 11.8 Å². The molecule has 0 saturated heterocycles. The van der Waals surface area contributed by atoms with Crippen molar-refractivity contribution in [1.82, 2.24) is 25.1 Å². The van der Waals surface area contributed by atoms with Gasteiger partial charge in [0.05, 0.1) is 18.4 Å². The van der Waals surface area contributed by atoms with Gasteiger partial charge in [0, 0.05) is 25.9 Å². The normalized spacial score (nSPS) is 10.4. The van der Waals surface area contributed by atoms with Gasteiger partial charge in [-0.2, -0.15) is 0 Å². The zero-order chi connectivity index (χ0) is 13.7. The number of aryl methyl sites for hydroxylation is 1. The molecular weight excluding hydrogens is 246 g/mol. The monoisotopic (exact) mass is 261 g/mol. The predicted octanol–water partition coefficient (Wildman–Crippen LogP) is 1.08. The topological polar surface area (TPSA) is 85.0 Å². The van der Waals surface area contributed by atoms with Crippen LogP contribution in [0.2, 0.25) is 0 Å². The lowest BCUT2D eigenvalue weighted by Gasteiger charge is -2.13. The molecule has 7 nitrogen and oxygen atoms in total. The van der Waals surface area contributed by atoms with Gasteiger partial charge < -0.3 is 9.32 Å². The molecule has 0 aliphatic heterocycles. The molecule has 7 heteroatoms. The van der Waals surface area contributed by atoms with E-state index in [1.54, 1.807) is 25.6 Å². The zero-order valence-corrected chi connectivity index (χ0v) is 10.9. The van der Waals surface area contributed by atoms with Gasteiger partial charge in [0.1, 0.15) is 0 Å². The fraction of sp³-hybridized carbons (Fsp3) is 0.417. The van der Waals surface area contributed by atoms with E-state index in [0.717, 1.165) is 6.42 Å². The second-order valence-electron chi connectivity index (χ2n) is 4.11. The summed E-state index contributed by atoms with van der Waals surface area (Å²) in [5, 5.41) is 7.58. The second-order valence-corrected chi connectivity index (χ2v) is 4.11. The number of aromatic nitrogens is 4. The summed E-state index contributed by atoms with van der Waals surface area (Å²) in [4.78, 5) is 21.6. The Labute approximate surface area is 110 Å². The first-order valence-electron chi connectivity index (χ1n) is 6.03.